The lowest BCUT2D eigenvalue weighted by Gasteiger charge is -2.03. The zero-order valence-corrected chi connectivity index (χ0v) is 11.8. The van der Waals surface area contributed by atoms with E-state index in [-0.39, 0.29) is 0 Å². The fourth-order valence-corrected chi connectivity index (χ4v) is 2.67. The molecular formula is C12H12BrN3S. The van der Waals surface area contributed by atoms with E-state index in [0.717, 1.165) is 21.7 Å². The maximum Gasteiger partial charge on any atom is 0.144 e. The van der Waals surface area contributed by atoms with Crippen molar-refractivity contribution >= 4 is 33.5 Å². The second kappa shape index (κ2) is 6.02. The third kappa shape index (κ3) is 3.71. The van der Waals surface area contributed by atoms with E-state index in [4.69, 9.17) is 0 Å². The normalized spacial score (nSPS) is 10.2. The summed E-state index contributed by atoms with van der Waals surface area (Å²) in [6.07, 6.45) is 3.55. The minimum absolute atomic E-state index is 0.793. The third-order valence-electron chi connectivity index (χ3n) is 2.14. The summed E-state index contributed by atoms with van der Waals surface area (Å²) in [5, 5.41) is 2.95. The van der Waals surface area contributed by atoms with Gasteiger partial charge in [0.2, 0.25) is 0 Å². The van der Waals surface area contributed by atoms with Gasteiger partial charge in [0.15, 0.2) is 0 Å². The van der Waals surface area contributed by atoms with E-state index in [1.54, 1.807) is 24.2 Å². The van der Waals surface area contributed by atoms with E-state index in [1.165, 1.54) is 4.90 Å². The first kappa shape index (κ1) is 12.4. The molecule has 0 atom stereocenters. The van der Waals surface area contributed by atoms with Crippen molar-refractivity contribution < 1.29 is 0 Å². The van der Waals surface area contributed by atoms with Crippen molar-refractivity contribution in [2.45, 2.75) is 10.6 Å². The number of nitrogens with zero attached hydrogens (tertiary/aromatic N) is 2. The molecule has 0 saturated heterocycles. The summed E-state index contributed by atoms with van der Waals surface area (Å²) in [6.45, 7) is 0. The molecule has 0 unspecified atom stereocenters. The van der Waals surface area contributed by atoms with E-state index < -0.39 is 0 Å². The molecular weight excluding hydrogens is 298 g/mol. The monoisotopic (exact) mass is 309 g/mol. The van der Waals surface area contributed by atoms with E-state index in [1.807, 2.05) is 19.2 Å². The standard InChI is InChI=1S/C12H12BrN3S/c1-14-12-7-15-10(6-16-12)8-17-11-4-2-3-9(13)5-11/h2-7H,8H2,1H3,(H,14,16). The number of rotatable bonds is 4. The van der Waals surface area contributed by atoms with E-state index >= 15 is 0 Å². The Morgan fingerprint density at radius 2 is 2.18 bits per heavy atom. The van der Waals surface area contributed by atoms with Gasteiger partial charge < -0.3 is 5.32 Å². The Labute approximate surface area is 113 Å². The van der Waals surface area contributed by atoms with Gasteiger partial charge in [0, 0.05) is 22.2 Å². The molecule has 0 saturated carbocycles. The number of hydrogen-bond acceptors (Lipinski definition) is 4. The molecule has 1 N–H and O–H groups in total. The maximum atomic E-state index is 4.33. The van der Waals surface area contributed by atoms with Crippen molar-refractivity contribution in [3.8, 4) is 0 Å². The van der Waals surface area contributed by atoms with Crippen molar-refractivity contribution in [1.29, 1.82) is 0 Å². The molecule has 0 aliphatic rings. The van der Waals surface area contributed by atoms with Crippen LogP contribution in [0.1, 0.15) is 5.69 Å². The van der Waals surface area contributed by atoms with E-state index in [2.05, 4.69) is 43.3 Å². The second-order valence-electron chi connectivity index (χ2n) is 3.39. The first-order valence-corrected chi connectivity index (χ1v) is 6.93. The minimum Gasteiger partial charge on any atom is -0.372 e. The number of halogens is 1. The average Bonchev–Trinajstić information content (AvgIpc) is 2.37. The molecule has 2 aromatic rings. The van der Waals surface area contributed by atoms with Crippen LogP contribution in [0.2, 0.25) is 0 Å². The summed E-state index contributed by atoms with van der Waals surface area (Å²) >= 11 is 5.21. The van der Waals surface area contributed by atoms with Gasteiger partial charge in [0.25, 0.3) is 0 Å². The number of hydrogen-bond donors (Lipinski definition) is 1. The van der Waals surface area contributed by atoms with Gasteiger partial charge in [-0.3, -0.25) is 4.98 Å². The summed E-state index contributed by atoms with van der Waals surface area (Å²) in [4.78, 5) is 9.78. The Morgan fingerprint density at radius 3 is 2.82 bits per heavy atom. The van der Waals surface area contributed by atoms with Crippen LogP contribution in [0, 0.1) is 0 Å². The topological polar surface area (TPSA) is 37.8 Å². The molecule has 0 fully saturated rings. The van der Waals surface area contributed by atoms with Crippen molar-refractivity contribution in [3.05, 3.63) is 46.8 Å². The van der Waals surface area contributed by atoms with Crippen molar-refractivity contribution in [2.24, 2.45) is 0 Å². The maximum absolute atomic E-state index is 4.33. The number of aromatic nitrogens is 2. The van der Waals surface area contributed by atoms with Gasteiger partial charge in [-0.25, -0.2) is 4.98 Å². The summed E-state index contributed by atoms with van der Waals surface area (Å²) in [5.74, 6) is 1.62. The first-order valence-electron chi connectivity index (χ1n) is 5.15. The fourth-order valence-electron chi connectivity index (χ4n) is 1.27. The molecule has 1 aromatic carbocycles. The average molecular weight is 310 g/mol. The summed E-state index contributed by atoms with van der Waals surface area (Å²) in [5.41, 5.74) is 0.981. The fraction of sp³-hybridized carbons (Fsp3) is 0.167. The number of benzene rings is 1. The molecule has 0 spiro atoms. The van der Waals surface area contributed by atoms with Gasteiger partial charge in [-0.2, -0.15) is 0 Å². The Kier molecular flexibility index (Phi) is 4.39. The Hall–Kier alpha value is -1.07. The molecule has 2 rings (SSSR count). The van der Waals surface area contributed by atoms with Gasteiger partial charge in [-0.05, 0) is 18.2 Å². The van der Waals surface area contributed by atoms with E-state index in [0.29, 0.717) is 0 Å². The van der Waals surface area contributed by atoms with Crippen LogP contribution in [0.25, 0.3) is 0 Å². The van der Waals surface area contributed by atoms with Gasteiger partial charge in [-0.15, -0.1) is 11.8 Å². The van der Waals surface area contributed by atoms with Crippen LogP contribution >= 0.6 is 27.7 Å². The zero-order chi connectivity index (χ0) is 12.1. The summed E-state index contributed by atoms with van der Waals surface area (Å²) in [7, 11) is 1.83. The Morgan fingerprint density at radius 1 is 1.29 bits per heavy atom. The molecule has 17 heavy (non-hydrogen) atoms. The second-order valence-corrected chi connectivity index (χ2v) is 5.35. The van der Waals surface area contributed by atoms with Crippen LogP contribution in [0.3, 0.4) is 0 Å². The highest BCUT2D eigenvalue weighted by Crippen LogP contribution is 2.24. The highest BCUT2D eigenvalue weighted by molar-refractivity contribution is 9.10. The van der Waals surface area contributed by atoms with Crippen LogP contribution in [-0.4, -0.2) is 17.0 Å². The first-order chi connectivity index (χ1) is 8.28. The molecule has 1 heterocycles. The summed E-state index contributed by atoms with van der Waals surface area (Å²) in [6, 6.07) is 8.23. The lowest BCUT2D eigenvalue weighted by Crippen LogP contribution is -1.95. The number of thioether (sulfide) groups is 1. The quantitative estimate of drug-likeness (QED) is 0.876. The minimum atomic E-state index is 0.793. The molecule has 0 aliphatic carbocycles. The van der Waals surface area contributed by atoms with Gasteiger partial charge in [0.1, 0.15) is 5.82 Å². The van der Waals surface area contributed by atoms with Crippen LogP contribution in [0.15, 0.2) is 46.0 Å². The largest absolute Gasteiger partial charge is 0.372 e. The van der Waals surface area contributed by atoms with Crippen molar-refractivity contribution in [3.63, 3.8) is 0 Å². The predicted octanol–water partition coefficient (Wildman–Crippen LogP) is 3.57. The molecule has 1 aromatic heterocycles. The molecule has 0 bridgehead atoms. The van der Waals surface area contributed by atoms with Crippen molar-refractivity contribution in [1.82, 2.24) is 9.97 Å². The Bertz CT molecular complexity index is 487. The highest BCUT2D eigenvalue weighted by Gasteiger charge is 1.99. The van der Waals surface area contributed by atoms with Crippen LogP contribution in [-0.2, 0) is 5.75 Å². The molecule has 0 amide bonds. The molecule has 88 valence electrons. The lowest BCUT2D eigenvalue weighted by molar-refractivity contribution is 1.10. The lowest BCUT2D eigenvalue weighted by atomic mass is 10.4. The molecule has 0 radical (unpaired) electrons. The SMILES string of the molecule is CNc1cnc(CSc2cccc(Br)c2)cn1. The van der Waals surface area contributed by atoms with Gasteiger partial charge in [0.05, 0.1) is 18.1 Å². The Balaban J connectivity index is 1.97. The molecule has 3 nitrogen and oxygen atoms in total. The predicted molar refractivity (Wildman–Crippen MR) is 75.3 cm³/mol. The van der Waals surface area contributed by atoms with Gasteiger partial charge >= 0.3 is 0 Å². The van der Waals surface area contributed by atoms with Crippen LogP contribution in [0.5, 0.6) is 0 Å². The van der Waals surface area contributed by atoms with Gasteiger partial charge in [-0.1, -0.05) is 22.0 Å². The van der Waals surface area contributed by atoms with Crippen LogP contribution < -0.4 is 5.32 Å². The molecule has 5 heteroatoms. The zero-order valence-electron chi connectivity index (χ0n) is 9.35. The number of anilines is 1. The number of nitrogens with one attached hydrogen (secondary N) is 1. The van der Waals surface area contributed by atoms with Crippen LogP contribution in [0.4, 0.5) is 5.82 Å². The highest BCUT2D eigenvalue weighted by atomic mass is 79.9. The summed E-state index contributed by atoms with van der Waals surface area (Å²) < 4.78 is 1.10. The van der Waals surface area contributed by atoms with E-state index in [9.17, 15) is 0 Å². The van der Waals surface area contributed by atoms with Crippen molar-refractivity contribution in [2.75, 3.05) is 12.4 Å². The smallest absolute Gasteiger partial charge is 0.144 e. The molecule has 0 aliphatic heterocycles. The third-order valence-corrected chi connectivity index (χ3v) is 3.66.